The second kappa shape index (κ2) is 5.50. The number of halogens is 1. The minimum absolute atomic E-state index is 0.159. The molecule has 1 aliphatic heterocycles. The van der Waals surface area contributed by atoms with Crippen molar-refractivity contribution in [3.63, 3.8) is 0 Å². The van der Waals surface area contributed by atoms with Crippen LogP contribution in [0.2, 0.25) is 0 Å². The fourth-order valence-corrected chi connectivity index (χ4v) is 2.59. The molecule has 1 aromatic carbocycles. The Morgan fingerprint density at radius 1 is 1.24 bits per heavy atom. The van der Waals surface area contributed by atoms with Crippen molar-refractivity contribution in [1.82, 2.24) is 4.90 Å². The third-order valence-electron chi connectivity index (χ3n) is 3.63. The Morgan fingerprint density at radius 2 is 1.82 bits per heavy atom. The summed E-state index contributed by atoms with van der Waals surface area (Å²) in [6.07, 6.45) is 2.39. The van der Waals surface area contributed by atoms with Crippen LogP contribution in [0.15, 0.2) is 24.3 Å². The molecule has 0 bridgehead atoms. The standard InChI is InChI=1S/C14H21FN2/c1-3-17(13-6-4-12(15)5-7-13)14-8-10-16(2)11-9-14/h4-7,14H,3,8-11H2,1-2H3. The lowest BCUT2D eigenvalue weighted by Gasteiger charge is -2.38. The van der Waals surface area contributed by atoms with Crippen LogP contribution in [0.25, 0.3) is 0 Å². The summed E-state index contributed by atoms with van der Waals surface area (Å²) < 4.78 is 12.9. The van der Waals surface area contributed by atoms with E-state index in [1.807, 2.05) is 12.1 Å². The van der Waals surface area contributed by atoms with Crippen molar-refractivity contribution in [3.8, 4) is 0 Å². The van der Waals surface area contributed by atoms with Gasteiger partial charge < -0.3 is 9.80 Å². The van der Waals surface area contributed by atoms with Crippen molar-refractivity contribution in [3.05, 3.63) is 30.1 Å². The molecule has 1 aromatic rings. The van der Waals surface area contributed by atoms with E-state index in [-0.39, 0.29) is 5.82 Å². The average Bonchev–Trinajstić information content (AvgIpc) is 2.35. The molecule has 0 aromatic heterocycles. The average molecular weight is 236 g/mol. The van der Waals surface area contributed by atoms with Crippen molar-refractivity contribution in [1.29, 1.82) is 0 Å². The van der Waals surface area contributed by atoms with Crippen molar-refractivity contribution in [2.45, 2.75) is 25.8 Å². The summed E-state index contributed by atoms with van der Waals surface area (Å²) >= 11 is 0. The van der Waals surface area contributed by atoms with Gasteiger partial charge >= 0.3 is 0 Å². The number of nitrogens with zero attached hydrogens (tertiary/aromatic N) is 2. The smallest absolute Gasteiger partial charge is 0.123 e. The van der Waals surface area contributed by atoms with Gasteiger partial charge in [0.15, 0.2) is 0 Å². The monoisotopic (exact) mass is 236 g/mol. The molecule has 0 spiro atoms. The Bertz CT molecular complexity index is 342. The van der Waals surface area contributed by atoms with E-state index in [1.54, 1.807) is 12.1 Å². The lowest BCUT2D eigenvalue weighted by Crippen LogP contribution is -2.43. The normalized spacial score (nSPS) is 18.3. The molecule has 1 saturated heterocycles. The van der Waals surface area contributed by atoms with E-state index >= 15 is 0 Å². The van der Waals surface area contributed by atoms with Gasteiger partial charge in [0.25, 0.3) is 0 Å². The molecule has 0 saturated carbocycles. The Labute approximate surface area is 103 Å². The Morgan fingerprint density at radius 3 is 2.35 bits per heavy atom. The molecule has 17 heavy (non-hydrogen) atoms. The Kier molecular flexibility index (Phi) is 4.00. The Hall–Kier alpha value is -1.09. The zero-order valence-electron chi connectivity index (χ0n) is 10.7. The van der Waals surface area contributed by atoms with Crippen LogP contribution in [-0.2, 0) is 0 Å². The molecule has 1 heterocycles. The third kappa shape index (κ3) is 2.97. The first-order valence-corrected chi connectivity index (χ1v) is 6.41. The number of benzene rings is 1. The van der Waals surface area contributed by atoms with Gasteiger partial charge in [-0.2, -0.15) is 0 Å². The van der Waals surface area contributed by atoms with Crippen LogP contribution in [0, 0.1) is 5.82 Å². The van der Waals surface area contributed by atoms with Gasteiger partial charge in [0.2, 0.25) is 0 Å². The molecular weight excluding hydrogens is 215 g/mol. The molecule has 0 N–H and O–H groups in total. The fraction of sp³-hybridized carbons (Fsp3) is 0.571. The lowest BCUT2D eigenvalue weighted by atomic mass is 10.0. The summed E-state index contributed by atoms with van der Waals surface area (Å²) in [6.45, 7) is 5.46. The number of piperidine rings is 1. The number of hydrogen-bond acceptors (Lipinski definition) is 2. The van der Waals surface area contributed by atoms with Gasteiger partial charge in [-0.3, -0.25) is 0 Å². The fourth-order valence-electron chi connectivity index (χ4n) is 2.59. The van der Waals surface area contributed by atoms with Gasteiger partial charge in [-0.25, -0.2) is 4.39 Å². The molecular formula is C14H21FN2. The van der Waals surface area contributed by atoms with Gasteiger partial charge in [0.05, 0.1) is 0 Å². The highest BCUT2D eigenvalue weighted by atomic mass is 19.1. The lowest BCUT2D eigenvalue weighted by molar-refractivity contribution is 0.250. The number of likely N-dealkylation sites (tertiary alicyclic amines) is 1. The van der Waals surface area contributed by atoms with Crippen LogP contribution < -0.4 is 4.90 Å². The highest BCUT2D eigenvalue weighted by Crippen LogP contribution is 2.23. The van der Waals surface area contributed by atoms with Crippen molar-refractivity contribution in [2.24, 2.45) is 0 Å². The zero-order valence-corrected chi connectivity index (χ0v) is 10.7. The van der Waals surface area contributed by atoms with Gasteiger partial charge in [-0.1, -0.05) is 0 Å². The van der Waals surface area contributed by atoms with Gasteiger partial charge in [-0.05, 0) is 64.2 Å². The minimum Gasteiger partial charge on any atom is -0.369 e. The summed E-state index contributed by atoms with van der Waals surface area (Å²) in [7, 11) is 2.17. The summed E-state index contributed by atoms with van der Waals surface area (Å²) in [5.74, 6) is -0.159. The van der Waals surface area contributed by atoms with Gasteiger partial charge in [-0.15, -0.1) is 0 Å². The van der Waals surface area contributed by atoms with Gasteiger partial charge in [0.1, 0.15) is 5.82 Å². The zero-order chi connectivity index (χ0) is 12.3. The molecule has 1 aliphatic rings. The molecule has 0 amide bonds. The van der Waals surface area contributed by atoms with Crippen molar-refractivity contribution in [2.75, 3.05) is 31.6 Å². The van der Waals surface area contributed by atoms with Crippen LogP contribution in [0.3, 0.4) is 0 Å². The first-order chi connectivity index (χ1) is 8.20. The predicted molar refractivity (Wildman–Crippen MR) is 69.9 cm³/mol. The number of hydrogen-bond donors (Lipinski definition) is 0. The van der Waals surface area contributed by atoms with Crippen molar-refractivity contribution >= 4 is 5.69 Å². The van der Waals surface area contributed by atoms with E-state index < -0.39 is 0 Å². The van der Waals surface area contributed by atoms with Crippen LogP contribution in [0.5, 0.6) is 0 Å². The first kappa shape index (κ1) is 12.4. The minimum atomic E-state index is -0.159. The van der Waals surface area contributed by atoms with Crippen LogP contribution in [0.4, 0.5) is 10.1 Å². The second-order valence-electron chi connectivity index (χ2n) is 4.80. The molecule has 2 rings (SSSR count). The summed E-state index contributed by atoms with van der Waals surface area (Å²) in [5.41, 5.74) is 1.14. The molecule has 0 aliphatic carbocycles. The van der Waals surface area contributed by atoms with E-state index in [1.165, 1.54) is 12.8 Å². The largest absolute Gasteiger partial charge is 0.369 e. The van der Waals surface area contributed by atoms with Gasteiger partial charge in [0, 0.05) is 18.3 Å². The van der Waals surface area contributed by atoms with E-state index in [4.69, 9.17) is 0 Å². The van der Waals surface area contributed by atoms with Crippen LogP contribution in [-0.4, -0.2) is 37.6 Å². The summed E-state index contributed by atoms with van der Waals surface area (Å²) in [6, 6.07) is 7.47. The van der Waals surface area contributed by atoms with Crippen LogP contribution >= 0.6 is 0 Å². The molecule has 0 atom stereocenters. The maximum absolute atomic E-state index is 12.9. The SMILES string of the molecule is CCN(c1ccc(F)cc1)C1CCN(C)CC1. The highest BCUT2D eigenvalue weighted by Gasteiger charge is 2.22. The van der Waals surface area contributed by atoms with E-state index in [0.29, 0.717) is 6.04 Å². The van der Waals surface area contributed by atoms with Crippen molar-refractivity contribution < 1.29 is 4.39 Å². The van der Waals surface area contributed by atoms with E-state index in [2.05, 4.69) is 23.8 Å². The highest BCUT2D eigenvalue weighted by molar-refractivity contribution is 5.47. The van der Waals surface area contributed by atoms with E-state index in [0.717, 1.165) is 25.3 Å². The second-order valence-corrected chi connectivity index (χ2v) is 4.80. The predicted octanol–water partition coefficient (Wildman–Crippen LogP) is 2.75. The molecule has 3 heteroatoms. The molecule has 1 fully saturated rings. The van der Waals surface area contributed by atoms with E-state index in [9.17, 15) is 4.39 Å². The quantitative estimate of drug-likeness (QED) is 0.796. The number of rotatable bonds is 3. The third-order valence-corrected chi connectivity index (χ3v) is 3.63. The maximum Gasteiger partial charge on any atom is 0.123 e. The number of anilines is 1. The molecule has 94 valence electrons. The topological polar surface area (TPSA) is 6.48 Å². The summed E-state index contributed by atoms with van der Waals surface area (Å²) in [4.78, 5) is 4.77. The summed E-state index contributed by atoms with van der Waals surface area (Å²) in [5, 5.41) is 0. The molecule has 0 radical (unpaired) electrons. The first-order valence-electron chi connectivity index (χ1n) is 6.41. The van der Waals surface area contributed by atoms with Crippen LogP contribution in [0.1, 0.15) is 19.8 Å². The molecule has 0 unspecified atom stereocenters. The molecule has 2 nitrogen and oxygen atoms in total. The maximum atomic E-state index is 12.9. The Balaban J connectivity index is 2.08.